The van der Waals surface area contributed by atoms with Crippen LogP contribution < -0.4 is 5.73 Å². The number of benzene rings is 2. The van der Waals surface area contributed by atoms with Gasteiger partial charge in [-0.25, -0.2) is 4.79 Å². The van der Waals surface area contributed by atoms with Gasteiger partial charge in [-0.2, -0.15) is 0 Å². The number of nitro benzene ring substituents is 1. The van der Waals surface area contributed by atoms with Crippen LogP contribution in [0.5, 0.6) is 0 Å². The summed E-state index contributed by atoms with van der Waals surface area (Å²) in [7, 11) is 0. The molecule has 0 radical (unpaired) electrons. The first-order chi connectivity index (χ1) is 10.9. The van der Waals surface area contributed by atoms with E-state index in [1.165, 1.54) is 25.1 Å². The van der Waals surface area contributed by atoms with Crippen LogP contribution in [0.2, 0.25) is 0 Å². The van der Waals surface area contributed by atoms with E-state index in [4.69, 9.17) is 10.6 Å². The van der Waals surface area contributed by atoms with Crippen molar-refractivity contribution in [3.05, 3.63) is 73.7 Å². The summed E-state index contributed by atoms with van der Waals surface area (Å²) < 4.78 is 0.882. The van der Waals surface area contributed by atoms with Gasteiger partial charge in [0.15, 0.2) is 5.84 Å². The van der Waals surface area contributed by atoms with Crippen LogP contribution in [0.1, 0.15) is 21.5 Å². The molecule has 118 valence electrons. The Hall–Kier alpha value is -2.74. The van der Waals surface area contributed by atoms with Crippen LogP contribution in [0.4, 0.5) is 5.69 Å². The highest BCUT2D eigenvalue weighted by molar-refractivity contribution is 9.10. The number of halogens is 1. The molecule has 2 aromatic carbocycles. The van der Waals surface area contributed by atoms with Crippen LogP contribution in [0.3, 0.4) is 0 Å². The van der Waals surface area contributed by atoms with Gasteiger partial charge in [-0.3, -0.25) is 10.1 Å². The summed E-state index contributed by atoms with van der Waals surface area (Å²) in [5, 5.41) is 14.3. The number of rotatable bonds is 4. The maximum Gasteiger partial charge on any atom is 0.365 e. The van der Waals surface area contributed by atoms with Crippen molar-refractivity contribution < 1.29 is 14.6 Å². The van der Waals surface area contributed by atoms with Crippen molar-refractivity contribution in [3.63, 3.8) is 0 Å². The van der Waals surface area contributed by atoms with Crippen LogP contribution in [0.25, 0.3) is 0 Å². The SMILES string of the molecule is Cc1cc(C(=O)O/N=C(/N)c2ccc(Br)cc2)ccc1[N+](=O)[O-]. The number of amidine groups is 1. The predicted molar refractivity (Wildman–Crippen MR) is 88.1 cm³/mol. The molecule has 0 unspecified atom stereocenters. The second-order valence-corrected chi connectivity index (χ2v) is 5.54. The van der Waals surface area contributed by atoms with Crippen molar-refractivity contribution in [2.24, 2.45) is 10.9 Å². The van der Waals surface area contributed by atoms with Crippen molar-refractivity contribution in [2.45, 2.75) is 6.92 Å². The lowest BCUT2D eigenvalue weighted by atomic mass is 10.1. The highest BCUT2D eigenvalue weighted by Crippen LogP contribution is 2.19. The minimum atomic E-state index is -0.747. The van der Waals surface area contributed by atoms with Gasteiger partial charge in [-0.1, -0.05) is 33.2 Å². The standard InChI is InChI=1S/C15H12BrN3O4/c1-9-8-11(4-7-13(9)19(21)22)15(20)23-18-14(17)10-2-5-12(16)6-3-10/h2-8H,1H3,(H2,17,18). The third-order valence-electron chi connectivity index (χ3n) is 3.00. The molecule has 0 spiro atoms. The van der Waals surface area contributed by atoms with E-state index in [9.17, 15) is 14.9 Å². The lowest BCUT2D eigenvalue weighted by Gasteiger charge is -2.03. The van der Waals surface area contributed by atoms with Crippen molar-refractivity contribution in [3.8, 4) is 0 Å². The molecule has 0 heterocycles. The molecule has 2 N–H and O–H groups in total. The molecule has 0 saturated heterocycles. The monoisotopic (exact) mass is 377 g/mol. The highest BCUT2D eigenvalue weighted by atomic mass is 79.9. The number of aryl methyl sites for hydroxylation is 1. The molecule has 0 aliphatic carbocycles. The largest absolute Gasteiger partial charge is 0.380 e. The maximum absolute atomic E-state index is 11.9. The Morgan fingerprint density at radius 1 is 1.22 bits per heavy atom. The molecule has 0 fully saturated rings. The molecule has 2 aromatic rings. The van der Waals surface area contributed by atoms with Crippen molar-refractivity contribution in [2.75, 3.05) is 0 Å². The van der Waals surface area contributed by atoms with Crippen LogP contribution in [0.15, 0.2) is 52.1 Å². The van der Waals surface area contributed by atoms with Gasteiger partial charge in [0.05, 0.1) is 10.5 Å². The minimum absolute atomic E-state index is 0.0458. The predicted octanol–water partition coefficient (Wildman–Crippen LogP) is 3.14. The molecular weight excluding hydrogens is 366 g/mol. The van der Waals surface area contributed by atoms with Gasteiger partial charge < -0.3 is 10.6 Å². The molecular formula is C15H12BrN3O4. The highest BCUT2D eigenvalue weighted by Gasteiger charge is 2.15. The minimum Gasteiger partial charge on any atom is -0.380 e. The van der Waals surface area contributed by atoms with Crippen molar-refractivity contribution in [1.82, 2.24) is 0 Å². The summed E-state index contributed by atoms with van der Waals surface area (Å²) in [6, 6.07) is 10.9. The van der Waals surface area contributed by atoms with E-state index in [-0.39, 0.29) is 17.1 Å². The molecule has 0 bridgehead atoms. The lowest BCUT2D eigenvalue weighted by Crippen LogP contribution is -2.15. The summed E-state index contributed by atoms with van der Waals surface area (Å²) in [5.74, 6) is -0.701. The number of nitrogens with two attached hydrogens (primary N) is 1. The molecule has 0 saturated carbocycles. The molecule has 23 heavy (non-hydrogen) atoms. The number of nitrogens with zero attached hydrogens (tertiary/aromatic N) is 2. The number of hydrogen-bond acceptors (Lipinski definition) is 5. The fourth-order valence-corrected chi connectivity index (χ4v) is 2.07. The third-order valence-corrected chi connectivity index (χ3v) is 3.52. The van der Waals surface area contributed by atoms with E-state index in [0.29, 0.717) is 11.1 Å². The van der Waals surface area contributed by atoms with Crippen molar-refractivity contribution in [1.29, 1.82) is 0 Å². The Bertz CT molecular complexity index is 788. The molecule has 7 nitrogen and oxygen atoms in total. The Labute approximate surface area is 140 Å². The zero-order valence-corrected chi connectivity index (χ0v) is 13.6. The molecule has 8 heteroatoms. The summed E-state index contributed by atoms with van der Waals surface area (Å²) in [6.07, 6.45) is 0. The Balaban J connectivity index is 2.12. The van der Waals surface area contributed by atoms with Crippen LogP contribution >= 0.6 is 15.9 Å². The van der Waals surface area contributed by atoms with E-state index >= 15 is 0 Å². The Morgan fingerprint density at radius 2 is 1.83 bits per heavy atom. The zero-order valence-electron chi connectivity index (χ0n) is 12.0. The average Bonchev–Trinajstić information content (AvgIpc) is 2.52. The van der Waals surface area contributed by atoms with Crippen LogP contribution in [0, 0.1) is 17.0 Å². The summed E-state index contributed by atoms with van der Waals surface area (Å²) in [6.45, 7) is 1.54. The first-order valence-corrected chi connectivity index (χ1v) is 7.23. The number of nitro groups is 1. The van der Waals surface area contributed by atoms with E-state index in [1.54, 1.807) is 24.3 Å². The lowest BCUT2D eigenvalue weighted by molar-refractivity contribution is -0.385. The average molecular weight is 378 g/mol. The van der Waals surface area contributed by atoms with E-state index in [1.807, 2.05) is 0 Å². The maximum atomic E-state index is 11.9. The second-order valence-electron chi connectivity index (χ2n) is 4.62. The van der Waals surface area contributed by atoms with Gasteiger partial charge in [0, 0.05) is 21.7 Å². The fourth-order valence-electron chi connectivity index (χ4n) is 1.80. The van der Waals surface area contributed by atoms with Gasteiger partial charge in [0.25, 0.3) is 5.69 Å². The first kappa shape index (κ1) is 16.6. The summed E-state index contributed by atoms with van der Waals surface area (Å²) >= 11 is 3.30. The van der Waals surface area contributed by atoms with E-state index in [2.05, 4.69) is 21.1 Å². The zero-order chi connectivity index (χ0) is 17.0. The molecule has 0 atom stereocenters. The molecule has 0 aliphatic heterocycles. The molecule has 0 amide bonds. The Kier molecular flexibility index (Phi) is 5.07. The number of hydrogen-bond donors (Lipinski definition) is 1. The molecule has 0 aromatic heterocycles. The molecule has 0 aliphatic rings. The smallest absolute Gasteiger partial charge is 0.365 e. The second kappa shape index (κ2) is 7.01. The van der Waals surface area contributed by atoms with E-state index in [0.717, 1.165) is 4.47 Å². The van der Waals surface area contributed by atoms with E-state index < -0.39 is 10.9 Å². The van der Waals surface area contributed by atoms with Crippen LogP contribution in [-0.4, -0.2) is 16.7 Å². The summed E-state index contributed by atoms with van der Waals surface area (Å²) in [5.41, 5.74) is 6.77. The van der Waals surface area contributed by atoms with Gasteiger partial charge in [-0.15, -0.1) is 0 Å². The Morgan fingerprint density at radius 3 is 2.39 bits per heavy atom. The normalized spacial score (nSPS) is 11.1. The molecule has 2 rings (SSSR count). The van der Waals surface area contributed by atoms with Gasteiger partial charge in [0.2, 0.25) is 0 Å². The van der Waals surface area contributed by atoms with Gasteiger partial charge in [0.1, 0.15) is 0 Å². The first-order valence-electron chi connectivity index (χ1n) is 6.44. The van der Waals surface area contributed by atoms with Gasteiger partial charge in [-0.05, 0) is 31.2 Å². The topological polar surface area (TPSA) is 108 Å². The van der Waals surface area contributed by atoms with Gasteiger partial charge >= 0.3 is 5.97 Å². The number of carbonyl (C=O) groups excluding carboxylic acids is 1. The van der Waals surface area contributed by atoms with Crippen LogP contribution in [-0.2, 0) is 4.84 Å². The fraction of sp³-hybridized carbons (Fsp3) is 0.0667. The quantitative estimate of drug-likeness (QED) is 0.289. The summed E-state index contributed by atoms with van der Waals surface area (Å²) in [4.78, 5) is 26.9. The third kappa shape index (κ3) is 4.13. The van der Waals surface area contributed by atoms with Crippen molar-refractivity contribution >= 4 is 33.4 Å². The number of oxime groups is 1. The number of carbonyl (C=O) groups is 1.